The molecule has 0 spiro atoms. The number of nitrogens with zero attached hydrogens (tertiary/aromatic N) is 4. The minimum absolute atomic E-state index is 0.210. The maximum absolute atomic E-state index is 12.9. The second-order valence-electron chi connectivity index (χ2n) is 6.74. The normalized spacial score (nSPS) is 12.9. The molecule has 4 rings (SSSR count). The summed E-state index contributed by atoms with van der Waals surface area (Å²) in [4.78, 5) is 0.214. The highest BCUT2D eigenvalue weighted by Gasteiger charge is 2.22. The maximum Gasteiger partial charge on any atom is 0.240 e. The molecule has 9 heteroatoms. The maximum atomic E-state index is 12.9. The summed E-state index contributed by atoms with van der Waals surface area (Å²) < 4.78 is 32.0. The first kappa shape index (κ1) is 19.6. The van der Waals surface area contributed by atoms with Crippen molar-refractivity contribution < 1.29 is 8.42 Å². The van der Waals surface area contributed by atoms with Crippen molar-refractivity contribution in [3.8, 4) is 5.69 Å². The first-order valence-corrected chi connectivity index (χ1v) is 11.5. The molecule has 0 aliphatic carbocycles. The minimum atomic E-state index is -3.66. The van der Waals surface area contributed by atoms with Crippen LogP contribution in [0.15, 0.2) is 70.5 Å². The Labute approximate surface area is 173 Å². The van der Waals surface area contributed by atoms with Gasteiger partial charge >= 0.3 is 0 Å². The number of hydrogen-bond acceptors (Lipinski definition) is 5. The molecule has 0 fully saturated rings. The van der Waals surface area contributed by atoms with Crippen LogP contribution in [0.2, 0.25) is 0 Å². The van der Waals surface area contributed by atoms with Gasteiger partial charge in [-0.1, -0.05) is 0 Å². The molecule has 0 radical (unpaired) electrons. The van der Waals surface area contributed by atoms with Crippen LogP contribution in [0.5, 0.6) is 0 Å². The molecular weight excluding hydrogens is 406 g/mol. The summed E-state index contributed by atoms with van der Waals surface area (Å²) in [7, 11) is -3.66. The van der Waals surface area contributed by atoms with Crippen LogP contribution < -0.4 is 4.72 Å². The van der Waals surface area contributed by atoms with Crippen LogP contribution in [-0.2, 0) is 10.0 Å². The summed E-state index contributed by atoms with van der Waals surface area (Å²) in [5.41, 5.74) is 3.71. The Hall–Kier alpha value is -2.75. The van der Waals surface area contributed by atoms with Crippen LogP contribution in [-0.4, -0.2) is 34.5 Å². The molecule has 0 aliphatic heterocycles. The fourth-order valence-corrected chi connectivity index (χ4v) is 4.99. The molecule has 1 atom stereocenters. The highest BCUT2D eigenvalue weighted by Crippen LogP contribution is 2.23. The molecule has 0 unspecified atom stereocenters. The van der Waals surface area contributed by atoms with E-state index < -0.39 is 10.0 Å². The molecule has 0 saturated heterocycles. The van der Waals surface area contributed by atoms with Gasteiger partial charge in [0.15, 0.2) is 0 Å². The van der Waals surface area contributed by atoms with Crippen molar-refractivity contribution in [3.63, 3.8) is 0 Å². The van der Waals surface area contributed by atoms with Gasteiger partial charge in [-0.15, -0.1) is 0 Å². The Bertz CT molecular complexity index is 1180. The summed E-state index contributed by atoms with van der Waals surface area (Å²) in [6, 6.07) is 12.2. The number of aryl methyl sites for hydroxylation is 2. The van der Waals surface area contributed by atoms with Crippen molar-refractivity contribution in [2.24, 2.45) is 0 Å². The fraction of sp³-hybridized carbons (Fsp3) is 0.200. The number of nitrogens with one attached hydrogen (secondary N) is 1. The molecule has 0 bridgehead atoms. The van der Waals surface area contributed by atoms with Crippen LogP contribution in [0.25, 0.3) is 5.69 Å². The van der Waals surface area contributed by atoms with E-state index in [1.807, 2.05) is 53.7 Å². The Morgan fingerprint density at radius 3 is 2.55 bits per heavy atom. The van der Waals surface area contributed by atoms with Crippen molar-refractivity contribution in [2.75, 3.05) is 6.54 Å². The summed E-state index contributed by atoms with van der Waals surface area (Å²) in [6.07, 6.45) is 3.48. The van der Waals surface area contributed by atoms with E-state index in [9.17, 15) is 8.42 Å². The van der Waals surface area contributed by atoms with Gasteiger partial charge in [-0.2, -0.15) is 21.5 Å². The average molecular weight is 428 g/mol. The molecule has 4 aromatic rings. The molecular formula is C20H21N5O2S2. The van der Waals surface area contributed by atoms with Crippen molar-refractivity contribution >= 4 is 21.4 Å². The van der Waals surface area contributed by atoms with Crippen molar-refractivity contribution in [2.45, 2.75) is 24.8 Å². The van der Waals surface area contributed by atoms with Gasteiger partial charge < -0.3 is 0 Å². The van der Waals surface area contributed by atoms with E-state index in [-0.39, 0.29) is 17.5 Å². The van der Waals surface area contributed by atoms with Crippen molar-refractivity contribution in [1.82, 2.24) is 24.3 Å². The zero-order chi connectivity index (χ0) is 20.4. The zero-order valence-electron chi connectivity index (χ0n) is 16.1. The summed E-state index contributed by atoms with van der Waals surface area (Å²) in [5.74, 6) is 0. The number of thiophene rings is 1. The summed E-state index contributed by atoms with van der Waals surface area (Å²) in [5, 5.41) is 12.7. The van der Waals surface area contributed by atoms with E-state index >= 15 is 0 Å². The lowest BCUT2D eigenvalue weighted by atomic mass is 10.1. The standard InChI is InChI=1S/C20H21N5O2S2/c1-15-12-16(2)25(23-15)20(17-8-11-28-14-17)13-22-29(26,27)19-6-4-18(5-7-19)24-10-3-9-21-24/h3-12,14,20,22H,13H2,1-2H3/t20-/m1/s1. The Morgan fingerprint density at radius 1 is 1.17 bits per heavy atom. The van der Waals surface area contributed by atoms with Crippen LogP contribution in [0.4, 0.5) is 0 Å². The molecule has 150 valence electrons. The van der Waals surface area contributed by atoms with Gasteiger partial charge in [-0.3, -0.25) is 4.68 Å². The quantitative estimate of drug-likeness (QED) is 0.491. The topological polar surface area (TPSA) is 81.8 Å². The predicted molar refractivity (Wildman–Crippen MR) is 113 cm³/mol. The molecule has 29 heavy (non-hydrogen) atoms. The number of hydrogen-bond donors (Lipinski definition) is 1. The molecule has 1 N–H and O–H groups in total. The third-order valence-electron chi connectivity index (χ3n) is 4.65. The van der Waals surface area contributed by atoms with E-state index in [1.54, 1.807) is 46.5 Å². The molecule has 3 heterocycles. The van der Waals surface area contributed by atoms with E-state index in [4.69, 9.17) is 0 Å². The fourth-order valence-electron chi connectivity index (χ4n) is 3.24. The van der Waals surface area contributed by atoms with Gasteiger partial charge in [0.05, 0.1) is 22.3 Å². The molecule has 0 aliphatic rings. The van der Waals surface area contributed by atoms with E-state index in [0.29, 0.717) is 0 Å². The van der Waals surface area contributed by atoms with Crippen LogP contribution in [0, 0.1) is 13.8 Å². The SMILES string of the molecule is Cc1cc(C)n([C@H](CNS(=O)(=O)c2ccc(-n3cccn3)cc2)c2ccsc2)n1. The third-order valence-corrected chi connectivity index (χ3v) is 6.79. The average Bonchev–Trinajstić information content (AvgIpc) is 3.45. The number of aromatic nitrogens is 4. The van der Waals surface area contributed by atoms with Crippen LogP contribution >= 0.6 is 11.3 Å². The van der Waals surface area contributed by atoms with Gasteiger partial charge in [0, 0.05) is 24.6 Å². The van der Waals surface area contributed by atoms with E-state index in [1.165, 1.54) is 0 Å². The molecule has 3 aromatic heterocycles. The Balaban J connectivity index is 1.56. The monoisotopic (exact) mass is 427 g/mol. The second-order valence-corrected chi connectivity index (χ2v) is 9.29. The van der Waals surface area contributed by atoms with Gasteiger partial charge in [-0.25, -0.2) is 17.8 Å². The van der Waals surface area contributed by atoms with Crippen LogP contribution in [0.1, 0.15) is 23.0 Å². The van der Waals surface area contributed by atoms with Gasteiger partial charge in [-0.05, 0) is 72.6 Å². The molecule has 0 amide bonds. The van der Waals surface area contributed by atoms with Gasteiger partial charge in [0.1, 0.15) is 0 Å². The first-order valence-electron chi connectivity index (χ1n) is 9.08. The highest BCUT2D eigenvalue weighted by atomic mass is 32.2. The zero-order valence-corrected chi connectivity index (χ0v) is 17.7. The summed E-state index contributed by atoms with van der Waals surface area (Å²) in [6.45, 7) is 4.11. The van der Waals surface area contributed by atoms with Crippen molar-refractivity contribution in [3.05, 3.63) is 82.6 Å². The number of rotatable bonds is 7. The Morgan fingerprint density at radius 2 is 1.97 bits per heavy atom. The minimum Gasteiger partial charge on any atom is -0.261 e. The smallest absolute Gasteiger partial charge is 0.240 e. The second kappa shape index (κ2) is 7.94. The molecule has 0 saturated carbocycles. The third kappa shape index (κ3) is 4.16. The number of benzene rings is 1. The molecule has 7 nitrogen and oxygen atoms in total. The van der Waals surface area contributed by atoms with E-state index in [2.05, 4.69) is 14.9 Å². The van der Waals surface area contributed by atoms with Crippen molar-refractivity contribution in [1.29, 1.82) is 0 Å². The first-order chi connectivity index (χ1) is 13.9. The lowest BCUT2D eigenvalue weighted by Gasteiger charge is -2.19. The van der Waals surface area contributed by atoms with Crippen LogP contribution in [0.3, 0.4) is 0 Å². The lowest BCUT2D eigenvalue weighted by molar-refractivity contribution is 0.495. The van der Waals surface area contributed by atoms with Gasteiger partial charge in [0.25, 0.3) is 0 Å². The highest BCUT2D eigenvalue weighted by molar-refractivity contribution is 7.89. The number of sulfonamides is 1. The molecule has 1 aromatic carbocycles. The van der Waals surface area contributed by atoms with E-state index in [0.717, 1.165) is 22.6 Å². The Kier molecular flexibility index (Phi) is 5.35. The van der Waals surface area contributed by atoms with Gasteiger partial charge in [0.2, 0.25) is 10.0 Å². The summed E-state index contributed by atoms with van der Waals surface area (Å²) >= 11 is 1.58. The largest absolute Gasteiger partial charge is 0.261 e. The lowest BCUT2D eigenvalue weighted by Crippen LogP contribution is -2.32. The predicted octanol–water partition coefficient (Wildman–Crippen LogP) is 3.32.